The summed E-state index contributed by atoms with van der Waals surface area (Å²) in [5.74, 6) is -0.138. The van der Waals surface area contributed by atoms with E-state index < -0.39 is 15.8 Å². The highest BCUT2D eigenvalue weighted by Crippen LogP contribution is 2.27. The van der Waals surface area contributed by atoms with E-state index in [2.05, 4.69) is 6.92 Å². The Balaban J connectivity index is 2.27. The molecule has 0 bridgehead atoms. The average Bonchev–Trinajstić information content (AvgIpc) is 2.47. The molecule has 0 radical (unpaired) electrons. The second-order valence-corrected chi connectivity index (χ2v) is 7.13. The molecule has 1 heterocycles. The van der Waals surface area contributed by atoms with Gasteiger partial charge in [0.1, 0.15) is 10.7 Å². The van der Waals surface area contributed by atoms with Crippen molar-refractivity contribution in [3.63, 3.8) is 0 Å². The standard InChI is InChI=1S/C14H21FN2O2S/c1-2-11-5-7-17(8-6-11)20(18,19)14-9-12(10-16)3-4-13(14)15/h3-4,9,11H,2,5-8,10,16H2,1H3. The van der Waals surface area contributed by atoms with Gasteiger partial charge in [-0.25, -0.2) is 12.8 Å². The third kappa shape index (κ3) is 3.02. The van der Waals surface area contributed by atoms with Crippen LogP contribution in [0.15, 0.2) is 23.1 Å². The van der Waals surface area contributed by atoms with Crippen molar-refractivity contribution < 1.29 is 12.8 Å². The van der Waals surface area contributed by atoms with Crippen LogP contribution in [0, 0.1) is 11.7 Å². The van der Waals surface area contributed by atoms with E-state index in [4.69, 9.17) is 5.73 Å². The molecule has 0 atom stereocenters. The third-order valence-electron chi connectivity index (χ3n) is 4.00. The Labute approximate surface area is 119 Å². The summed E-state index contributed by atoms with van der Waals surface area (Å²) in [5, 5.41) is 0. The molecule has 0 aliphatic carbocycles. The van der Waals surface area contributed by atoms with Crippen LogP contribution in [0.25, 0.3) is 0 Å². The molecule has 1 aliphatic rings. The molecule has 1 fully saturated rings. The summed E-state index contributed by atoms with van der Waals surface area (Å²) in [7, 11) is -3.75. The number of hydrogen-bond donors (Lipinski definition) is 1. The summed E-state index contributed by atoms with van der Waals surface area (Å²) in [4.78, 5) is -0.254. The van der Waals surface area contributed by atoms with Crippen LogP contribution in [0.3, 0.4) is 0 Å². The molecule has 1 aromatic rings. The van der Waals surface area contributed by atoms with Gasteiger partial charge in [-0.2, -0.15) is 4.31 Å². The maximum atomic E-state index is 13.9. The molecular formula is C14H21FN2O2S. The van der Waals surface area contributed by atoms with Crippen molar-refractivity contribution in [1.82, 2.24) is 4.31 Å². The zero-order valence-corrected chi connectivity index (χ0v) is 12.5. The molecular weight excluding hydrogens is 279 g/mol. The Bertz CT molecular complexity index is 567. The smallest absolute Gasteiger partial charge is 0.245 e. The Morgan fingerprint density at radius 2 is 2.00 bits per heavy atom. The summed E-state index contributed by atoms with van der Waals surface area (Å²) >= 11 is 0. The van der Waals surface area contributed by atoms with E-state index >= 15 is 0 Å². The minimum atomic E-state index is -3.75. The van der Waals surface area contributed by atoms with Crippen molar-refractivity contribution in [3.05, 3.63) is 29.6 Å². The fourth-order valence-corrected chi connectivity index (χ4v) is 4.15. The number of piperidine rings is 1. The summed E-state index contributed by atoms with van der Waals surface area (Å²) in [6, 6.07) is 4.03. The summed E-state index contributed by atoms with van der Waals surface area (Å²) in [6.45, 7) is 3.24. The predicted molar refractivity (Wildman–Crippen MR) is 76.1 cm³/mol. The van der Waals surface area contributed by atoms with E-state index in [9.17, 15) is 12.8 Å². The molecule has 20 heavy (non-hydrogen) atoms. The van der Waals surface area contributed by atoms with Gasteiger partial charge in [0.2, 0.25) is 10.0 Å². The van der Waals surface area contributed by atoms with Crippen molar-refractivity contribution in [2.45, 2.75) is 37.6 Å². The lowest BCUT2D eigenvalue weighted by molar-refractivity contribution is 0.268. The molecule has 1 aromatic carbocycles. The summed E-state index contributed by atoms with van der Waals surface area (Å²) in [6.07, 6.45) is 2.74. The van der Waals surface area contributed by atoms with Crippen LogP contribution < -0.4 is 5.73 Å². The van der Waals surface area contributed by atoms with E-state index in [1.807, 2.05) is 0 Å². The van der Waals surface area contributed by atoms with E-state index in [0.717, 1.165) is 19.3 Å². The third-order valence-corrected chi connectivity index (χ3v) is 5.91. The molecule has 1 aliphatic heterocycles. The monoisotopic (exact) mass is 300 g/mol. The first-order valence-electron chi connectivity index (χ1n) is 6.97. The highest BCUT2D eigenvalue weighted by Gasteiger charge is 2.30. The predicted octanol–water partition coefficient (Wildman–Crippen LogP) is 2.10. The summed E-state index contributed by atoms with van der Waals surface area (Å²) < 4.78 is 40.3. The molecule has 2 N–H and O–H groups in total. The zero-order chi connectivity index (χ0) is 14.8. The number of benzene rings is 1. The summed E-state index contributed by atoms with van der Waals surface area (Å²) in [5.41, 5.74) is 6.11. The zero-order valence-electron chi connectivity index (χ0n) is 11.7. The van der Waals surface area contributed by atoms with Gasteiger partial charge in [0, 0.05) is 19.6 Å². The van der Waals surface area contributed by atoms with Crippen LogP contribution in [-0.2, 0) is 16.6 Å². The van der Waals surface area contributed by atoms with Gasteiger partial charge < -0.3 is 5.73 Å². The van der Waals surface area contributed by atoms with Crippen LogP contribution in [0.4, 0.5) is 4.39 Å². The van der Waals surface area contributed by atoms with Crippen LogP contribution in [0.1, 0.15) is 31.7 Å². The largest absolute Gasteiger partial charge is 0.326 e. The Hall–Kier alpha value is -0.980. The van der Waals surface area contributed by atoms with Crippen LogP contribution in [0.2, 0.25) is 0 Å². The fraction of sp³-hybridized carbons (Fsp3) is 0.571. The fourth-order valence-electron chi connectivity index (χ4n) is 2.57. The average molecular weight is 300 g/mol. The lowest BCUT2D eigenvalue weighted by Crippen LogP contribution is -2.38. The van der Waals surface area contributed by atoms with Crippen molar-refractivity contribution in [1.29, 1.82) is 0 Å². The number of sulfonamides is 1. The number of rotatable bonds is 4. The molecule has 112 valence electrons. The first-order chi connectivity index (χ1) is 9.48. The number of nitrogens with two attached hydrogens (primary N) is 1. The molecule has 0 saturated carbocycles. The molecule has 2 rings (SSSR count). The normalized spacial score (nSPS) is 18.4. The highest BCUT2D eigenvalue weighted by molar-refractivity contribution is 7.89. The molecule has 4 nitrogen and oxygen atoms in total. The Morgan fingerprint density at radius 3 is 2.55 bits per heavy atom. The van der Waals surface area contributed by atoms with Gasteiger partial charge in [-0.3, -0.25) is 0 Å². The molecule has 0 amide bonds. The number of hydrogen-bond acceptors (Lipinski definition) is 3. The van der Waals surface area contributed by atoms with Gasteiger partial charge in [0.15, 0.2) is 0 Å². The van der Waals surface area contributed by atoms with Gasteiger partial charge >= 0.3 is 0 Å². The van der Waals surface area contributed by atoms with E-state index in [1.54, 1.807) is 0 Å². The van der Waals surface area contributed by atoms with Crippen LogP contribution >= 0.6 is 0 Å². The van der Waals surface area contributed by atoms with E-state index in [1.165, 1.54) is 22.5 Å². The lowest BCUT2D eigenvalue weighted by atomic mass is 9.96. The Morgan fingerprint density at radius 1 is 1.35 bits per heavy atom. The van der Waals surface area contributed by atoms with Crippen LogP contribution in [-0.4, -0.2) is 25.8 Å². The second-order valence-electron chi connectivity index (χ2n) is 5.22. The van der Waals surface area contributed by atoms with Gasteiger partial charge in [-0.15, -0.1) is 0 Å². The van der Waals surface area contributed by atoms with Gasteiger partial charge in [-0.1, -0.05) is 19.4 Å². The number of nitrogens with zero attached hydrogens (tertiary/aromatic N) is 1. The van der Waals surface area contributed by atoms with E-state index in [-0.39, 0.29) is 11.4 Å². The van der Waals surface area contributed by atoms with Gasteiger partial charge in [0.05, 0.1) is 0 Å². The topological polar surface area (TPSA) is 63.4 Å². The minimum Gasteiger partial charge on any atom is -0.326 e. The van der Waals surface area contributed by atoms with Crippen LogP contribution in [0.5, 0.6) is 0 Å². The van der Waals surface area contributed by atoms with Crippen molar-refractivity contribution in [2.75, 3.05) is 13.1 Å². The van der Waals surface area contributed by atoms with Gasteiger partial charge in [-0.05, 0) is 36.5 Å². The number of halogens is 1. The maximum absolute atomic E-state index is 13.9. The highest BCUT2D eigenvalue weighted by atomic mass is 32.2. The second kappa shape index (κ2) is 6.20. The maximum Gasteiger partial charge on any atom is 0.245 e. The minimum absolute atomic E-state index is 0.195. The molecule has 6 heteroatoms. The molecule has 1 saturated heterocycles. The Kier molecular flexibility index (Phi) is 4.78. The van der Waals surface area contributed by atoms with Gasteiger partial charge in [0.25, 0.3) is 0 Å². The van der Waals surface area contributed by atoms with E-state index in [0.29, 0.717) is 24.6 Å². The van der Waals surface area contributed by atoms with Crippen molar-refractivity contribution in [2.24, 2.45) is 11.7 Å². The lowest BCUT2D eigenvalue weighted by Gasteiger charge is -2.30. The molecule has 0 aromatic heterocycles. The van der Waals surface area contributed by atoms with Crippen molar-refractivity contribution >= 4 is 10.0 Å². The molecule has 0 spiro atoms. The quantitative estimate of drug-likeness (QED) is 0.926. The SMILES string of the molecule is CCC1CCN(S(=O)(=O)c2cc(CN)ccc2F)CC1. The molecule has 0 unspecified atom stereocenters. The first kappa shape index (κ1) is 15.4. The van der Waals surface area contributed by atoms with Crippen molar-refractivity contribution in [3.8, 4) is 0 Å². The first-order valence-corrected chi connectivity index (χ1v) is 8.41.